The van der Waals surface area contributed by atoms with Crippen LogP contribution in [0.1, 0.15) is 23.3 Å². The van der Waals surface area contributed by atoms with Crippen LogP contribution in [-0.2, 0) is 10.0 Å². The molecular formula is C13H15F3N2O4S. The molecule has 23 heavy (non-hydrogen) atoms. The van der Waals surface area contributed by atoms with Crippen LogP contribution in [0, 0.1) is 11.8 Å². The molecule has 0 saturated heterocycles. The van der Waals surface area contributed by atoms with Gasteiger partial charge in [0.15, 0.2) is 0 Å². The van der Waals surface area contributed by atoms with Crippen LogP contribution in [-0.4, -0.2) is 37.2 Å². The summed E-state index contributed by atoms with van der Waals surface area (Å²) in [7, 11) is -4.08. The van der Waals surface area contributed by atoms with Crippen molar-refractivity contribution in [1.82, 2.24) is 9.71 Å². The van der Waals surface area contributed by atoms with Crippen molar-refractivity contribution in [2.75, 3.05) is 6.54 Å². The van der Waals surface area contributed by atoms with Crippen molar-refractivity contribution in [1.29, 1.82) is 0 Å². The van der Waals surface area contributed by atoms with Crippen LogP contribution in [0.3, 0.4) is 0 Å². The van der Waals surface area contributed by atoms with Gasteiger partial charge in [0.2, 0.25) is 10.0 Å². The Morgan fingerprint density at radius 2 is 2.00 bits per heavy atom. The van der Waals surface area contributed by atoms with E-state index in [1.807, 2.05) is 0 Å². The maximum atomic E-state index is 12.9. The van der Waals surface area contributed by atoms with Crippen LogP contribution in [0.2, 0.25) is 0 Å². The average Bonchev–Trinajstić information content (AvgIpc) is 2.95. The molecule has 3 N–H and O–H groups in total. The zero-order chi connectivity index (χ0) is 17.3. The summed E-state index contributed by atoms with van der Waals surface area (Å²) in [6.45, 7) is -0.371. The second kappa shape index (κ2) is 6.36. The first kappa shape index (κ1) is 17.5. The molecule has 1 aliphatic carbocycles. The van der Waals surface area contributed by atoms with Crippen LogP contribution < -0.4 is 4.72 Å². The summed E-state index contributed by atoms with van der Waals surface area (Å²) in [5, 5.41) is 8.74. The highest BCUT2D eigenvalue weighted by Crippen LogP contribution is 2.38. The number of carboxylic acids is 1. The SMILES string of the molecule is O=C(O)c1cc(S(=O)(=O)NC[C@@H]2CC=CC[C@H]2C(F)(F)F)c[nH]1. The lowest BCUT2D eigenvalue weighted by Gasteiger charge is -2.30. The number of aromatic carboxylic acids is 1. The molecule has 1 heterocycles. The third-order valence-corrected chi connectivity index (χ3v) is 5.12. The molecule has 1 aliphatic rings. The van der Waals surface area contributed by atoms with Gasteiger partial charge in [-0.05, 0) is 24.8 Å². The van der Waals surface area contributed by atoms with Gasteiger partial charge >= 0.3 is 12.1 Å². The molecule has 0 radical (unpaired) electrons. The summed E-state index contributed by atoms with van der Waals surface area (Å²) in [5.41, 5.74) is -0.320. The zero-order valence-corrected chi connectivity index (χ0v) is 12.6. The van der Waals surface area contributed by atoms with Crippen LogP contribution in [0.4, 0.5) is 13.2 Å². The number of nitrogens with one attached hydrogen (secondary N) is 2. The number of alkyl halides is 3. The van der Waals surface area contributed by atoms with Gasteiger partial charge in [-0.25, -0.2) is 17.9 Å². The molecule has 0 bridgehead atoms. The average molecular weight is 352 g/mol. The van der Waals surface area contributed by atoms with Gasteiger partial charge in [-0.1, -0.05) is 12.2 Å². The molecule has 0 fully saturated rings. The van der Waals surface area contributed by atoms with E-state index >= 15 is 0 Å². The smallest absolute Gasteiger partial charge is 0.392 e. The van der Waals surface area contributed by atoms with Crippen molar-refractivity contribution in [2.24, 2.45) is 11.8 Å². The van der Waals surface area contributed by atoms with Crippen LogP contribution in [0.5, 0.6) is 0 Å². The van der Waals surface area contributed by atoms with E-state index in [0.29, 0.717) is 0 Å². The molecule has 1 aromatic rings. The van der Waals surface area contributed by atoms with Crippen LogP contribution in [0.15, 0.2) is 29.3 Å². The second-order valence-corrected chi connectivity index (χ2v) is 7.02. The zero-order valence-electron chi connectivity index (χ0n) is 11.8. The van der Waals surface area contributed by atoms with E-state index in [1.54, 1.807) is 6.08 Å². The highest BCUT2D eigenvalue weighted by atomic mass is 32.2. The first-order valence-electron chi connectivity index (χ1n) is 6.74. The Morgan fingerprint density at radius 3 is 2.57 bits per heavy atom. The van der Waals surface area contributed by atoms with Gasteiger partial charge in [0.25, 0.3) is 0 Å². The lowest BCUT2D eigenvalue weighted by atomic mass is 9.82. The van der Waals surface area contributed by atoms with Gasteiger partial charge in [-0.3, -0.25) is 0 Å². The lowest BCUT2D eigenvalue weighted by Crippen LogP contribution is -2.39. The first-order valence-corrected chi connectivity index (χ1v) is 8.22. The van der Waals surface area contributed by atoms with Crippen LogP contribution >= 0.6 is 0 Å². The van der Waals surface area contributed by atoms with Crippen molar-refractivity contribution < 1.29 is 31.5 Å². The molecule has 2 rings (SSSR count). The second-order valence-electron chi connectivity index (χ2n) is 5.26. The van der Waals surface area contributed by atoms with Gasteiger partial charge in [0, 0.05) is 12.7 Å². The Morgan fingerprint density at radius 1 is 1.35 bits per heavy atom. The molecule has 10 heteroatoms. The lowest BCUT2D eigenvalue weighted by molar-refractivity contribution is -0.188. The fraction of sp³-hybridized carbons (Fsp3) is 0.462. The molecule has 128 valence electrons. The van der Waals surface area contributed by atoms with Crippen molar-refractivity contribution in [3.63, 3.8) is 0 Å². The van der Waals surface area contributed by atoms with Crippen LogP contribution in [0.25, 0.3) is 0 Å². The predicted molar refractivity (Wildman–Crippen MR) is 74.3 cm³/mol. The normalized spacial score (nSPS) is 22.2. The van der Waals surface area contributed by atoms with Gasteiger partial charge < -0.3 is 10.1 Å². The van der Waals surface area contributed by atoms with Crippen molar-refractivity contribution in [3.05, 3.63) is 30.1 Å². The van der Waals surface area contributed by atoms with Gasteiger partial charge in [-0.15, -0.1) is 0 Å². The van der Waals surface area contributed by atoms with Gasteiger partial charge in [0.1, 0.15) is 10.6 Å². The molecule has 2 atom stereocenters. The summed E-state index contributed by atoms with van der Waals surface area (Å²) in [6.07, 6.45) is -0.433. The van der Waals surface area contributed by atoms with Crippen molar-refractivity contribution in [3.8, 4) is 0 Å². The van der Waals surface area contributed by atoms with E-state index in [9.17, 15) is 26.4 Å². The van der Waals surface area contributed by atoms with E-state index < -0.39 is 34.0 Å². The minimum absolute atomic E-state index is 0.125. The maximum absolute atomic E-state index is 12.9. The highest BCUT2D eigenvalue weighted by Gasteiger charge is 2.44. The number of sulfonamides is 1. The maximum Gasteiger partial charge on any atom is 0.392 e. The monoisotopic (exact) mass is 352 g/mol. The number of H-pyrrole nitrogens is 1. The van der Waals surface area contributed by atoms with E-state index in [-0.39, 0.29) is 30.0 Å². The number of aromatic amines is 1. The molecule has 0 aromatic carbocycles. The van der Waals surface area contributed by atoms with Crippen molar-refractivity contribution >= 4 is 16.0 Å². The highest BCUT2D eigenvalue weighted by molar-refractivity contribution is 7.89. The minimum atomic E-state index is -4.40. The third kappa shape index (κ3) is 4.14. The summed E-state index contributed by atoms with van der Waals surface area (Å²) in [6, 6.07) is 0.909. The largest absolute Gasteiger partial charge is 0.477 e. The Kier molecular flexibility index (Phi) is 4.85. The summed E-state index contributed by atoms with van der Waals surface area (Å²) < 4.78 is 65.0. The van der Waals surface area contributed by atoms with E-state index in [2.05, 4.69) is 9.71 Å². The molecule has 0 amide bonds. The van der Waals surface area contributed by atoms with E-state index in [0.717, 1.165) is 12.3 Å². The molecular weight excluding hydrogens is 337 g/mol. The fourth-order valence-electron chi connectivity index (χ4n) is 2.45. The summed E-state index contributed by atoms with van der Waals surface area (Å²) in [5.74, 6) is -3.83. The number of halogens is 3. The third-order valence-electron chi connectivity index (χ3n) is 3.72. The number of carboxylic acid groups (broad SMARTS) is 1. The standard InChI is InChI=1S/C13H15F3N2O4S/c14-13(15,16)10-4-2-1-3-8(10)6-18-23(21,22)9-5-11(12(19)20)17-7-9/h1-2,5,7-8,10,17-18H,3-4,6H2,(H,19,20)/t8-,10+/m0/s1. The van der Waals surface area contributed by atoms with E-state index in [1.165, 1.54) is 6.08 Å². The minimum Gasteiger partial charge on any atom is -0.477 e. The molecule has 1 aromatic heterocycles. The molecule has 0 unspecified atom stereocenters. The molecule has 0 spiro atoms. The number of aromatic nitrogens is 1. The number of rotatable bonds is 5. The quantitative estimate of drug-likeness (QED) is 0.707. The Hall–Kier alpha value is -1.81. The predicted octanol–water partition coefficient (Wildman–Crippen LogP) is 2.14. The Balaban J connectivity index is 2.08. The molecule has 0 aliphatic heterocycles. The Bertz CT molecular complexity index is 709. The number of allylic oxidation sites excluding steroid dienone is 2. The number of hydrogen-bond acceptors (Lipinski definition) is 3. The Labute approximate surface area is 130 Å². The first-order chi connectivity index (χ1) is 10.6. The number of carbonyl (C=O) groups is 1. The number of hydrogen-bond donors (Lipinski definition) is 3. The van der Waals surface area contributed by atoms with Gasteiger partial charge in [0.05, 0.1) is 5.92 Å². The molecule has 0 saturated carbocycles. The van der Waals surface area contributed by atoms with Crippen molar-refractivity contribution in [2.45, 2.75) is 23.9 Å². The summed E-state index contributed by atoms with van der Waals surface area (Å²) in [4.78, 5) is 12.7. The summed E-state index contributed by atoms with van der Waals surface area (Å²) >= 11 is 0. The van der Waals surface area contributed by atoms with Gasteiger partial charge in [-0.2, -0.15) is 13.2 Å². The van der Waals surface area contributed by atoms with E-state index in [4.69, 9.17) is 5.11 Å². The fourth-order valence-corrected chi connectivity index (χ4v) is 3.54. The molecule has 6 nitrogen and oxygen atoms in total. The topological polar surface area (TPSA) is 99.3 Å².